The molecule has 3 aromatic rings. The molecule has 0 spiro atoms. The molecule has 0 unspecified atom stereocenters. The predicted molar refractivity (Wildman–Crippen MR) is 108 cm³/mol. The Morgan fingerprint density at radius 3 is 2.70 bits per heavy atom. The predicted octanol–water partition coefficient (Wildman–Crippen LogP) is 3.08. The van der Waals surface area contributed by atoms with Gasteiger partial charge in [0.05, 0.1) is 35.4 Å². The van der Waals surface area contributed by atoms with Gasteiger partial charge in [-0.2, -0.15) is 0 Å². The van der Waals surface area contributed by atoms with E-state index in [1.54, 1.807) is 6.33 Å². The summed E-state index contributed by atoms with van der Waals surface area (Å²) in [5.74, 6) is 0.309. The lowest BCUT2D eigenvalue weighted by molar-refractivity contribution is 0.267. The van der Waals surface area contributed by atoms with Crippen molar-refractivity contribution in [3.05, 3.63) is 41.9 Å². The van der Waals surface area contributed by atoms with Crippen LogP contribution < -0.4 is 11.5 Å². The van der Waals surface area contributed by atoms with Gasteiger partial charge >= 0.3 is 0 Å². The number of benzene rings is 1. The topological polar surface area (TPSA) is 103 Å². The van der Waals surface area contributed by atoms with Crippen LogP contribution in [0.5, 0.6) is 0 Å². The largest absolute Gasteiger partial charge is 0.398 e. The minimum absolute atomic E-state index is 0.101. The number of pyridine rings is 1. The molecule has 0 amide bonds. The van der Waals surface area contributed by atoms with E-state index in [4.69, 9.17) is 16.5 Å². The lowest BCUT2D eigenvalue weighted by Crippen LogP contribution is -2.39. The Labute approximate surface area is 159 Å². The minimum atomic E-state index is -0.115. The molecule has 1 aromatic carbocycles. The van der Waals surface area contributed by atoms with Crippen molar-refractivity contribution >= 4 is 16.7 Å². The van der Waals surface area contributed by atoms with Crippen molar-refractivity contribution in [2.24, 2.45) is 12.8 Å². The Hall–Kier alpha value is -2.44. The number of hydrogen-bond acceptors (Lipinski definition) is 5. The zero-order valence-corrected chi connectivity index (χ0v) is 15.9. The molecule has 142 valence electrons. The summed E-state index contributed by atoms with van der Waals surface area (Å²) in [7, 11) is 1.97. The first kappa shape index (κ1) is 17.9. The quantitative estimate of drug-likeness (QED) is 0.662. The normalized spacial score (nSPS) is 23.0. The second-order valence-corrected chi connectivity index (χ2v) is 8.10. The van der Waals surface area contributed by atoms with Gasteiger partial charge in [0.25, 0.3) is 0 Å². The molecular weight excluding hydrogens is 338 g/mol. The van der Waals surface area contributed by atoms with Crippen molar-refractivity contribution in [1.82, 2.24) is 14.5 Å². The fraction of sp³-hybridized carbons (Fsp3) is 0.429. The summed E-state index contributed by atoms with van der Waals surface area (Å²) in [5, 5.41) is 9.96. The van der Waals surface area contributed by atoms with Gasteiger partial charge in [0.1, 0.15) is 0 Å². The molecule has 1 aliphatic rings. The van der Waals surface area contributed by atoms with Crippen LogP contribution >= 0.6 is 0 Å². The molecule has 0 saturated heterocycles. The first-order chi connectivity index (χ1) is 12.9. The van der Waals surface area contributed by atoms with E-state index in [1.807, 2.05) is 35.9 Å². The van der Waals surface area contributed by atoms with E-state index < -0.39 is 0 Å². The Balaban J connectivity index is 1.72. The fourth-order valence-corrected chi connectivity index (χ4v) is 4.23. The average molecular weight is 365 g/mol. The molecule has 6 heteroatoms. The molecule has 2 heterocycles. The molecule has 1 fully saturated rings. The van der Waals surface area contributed by atoms with Gasteiger partial charge < -0.3 is 21.1 Å². The Kier molecular flexibility index (Phi) is 4.40. The summed E-state index contributed by atoms with van der Waals surface area (Å²) < 4.78 is 1.98. The Morgan fingerprint density at radius 1 is 1.26 bits per heavy atom. The number of aliphatic hydroxyl groups excluding tert-OH is 1. The van der Waals surface area contributed by atoms with Crippen LogP contribution in [0.2, 0.25) is 0 Å². The van der Waals surface area contributed by atoms with Crippen molar-refractivity contribution in [2.45, 2.75) is 50.7 Å². The molecule has 1 saturated carbocycles. The highest BCUT2D eigenvalue weighted by atomic mass is 16.3. The highest BCUT2D eigenvalue weighted by Crippen LogP contribution is 2.41. The molecule has 0 bridgehead atoms. The smallest absolute Gasteiger partial charge is 0.0955 e. The summed E-state index contributed by atoms with van der Waals surface area (Å²) in [5.41, 5.74) is 18.7. The maximum Gasteiger partial charge on any atom is 0.0955 e. The van der Waals surface area contributed by atoms with Crippen LogP contribution in [0.4, 0.5) is 5.69 Å². The van der Waals surface area contributed by atoms with Gasteiger partial charge in [-0.05, 0) is 56.7 Å². The van der Waals surface area contributed by atoms with Crippen molar-refractivity contribution in [3.63, 3.8) is 0 Å². The van der Waals surface area contributed by atoms with E-state index >= 15 is 0 Å². The number of aryl methyl sites for hydroxylation is 1. The van der Waals surface area contributed by atoms with Crippen LogP contribution in [-0.2, 0) is 13.7 Å². The number of hydrogen-bond donors (Lipinski definition) is 3. The molecule has 5 N–H and O–H groups in total. The summed E-state index contributed by atoms with van der Waals surface area (Å²) in [6, 6.07) is 7.99. The monoisotopic (exact) mass is 365 g/mol. The van der Waals surface area contributed by atoms with E-state index in [2.05, 4.69) is 11.9 Å². The molecule has 6 nitrogen and oxygen atoms in total. The second-order valence-electron chi connectivity index (χ2n) is 8.10. The Bertz CT molecular complexity index is 982. The van der Waals surface area contributed by atoms with Gasteiger partial charge in [-0.15, -0.1) is 0 Å². The molecule has 4 rings (SSSR count). The number of anilines is 1. The van der Waals surface area contributed by atoms with E-state index in [-0.39, 0.29) is 12.1 Å². The van der Waals surface area contributed by atoms with Crippen molar-refractivity contribution in [1.29, 1.82) is 0 Å². The van der Waals surface area contributed by atoms with Crippen molar-refractivity contribution in [3.8, 4) is 11.3 Å². The third-order valence-corrected chi connectivity index (χ3v) is 5.88. The van der Waals surface area contributed by atoms with Gasteiger partial charge in [0.15, 0.2) is 0 Å². The molecule has 0 radical (unpaired) electrons. The van der Waals surface area contributed by atoms with Crippen LogP contribution in [0.15, 0.2) is 30.6 Å². The third kappa shape index (κ3) is 3.31. The van der Waals surface area contributed by atoms with Crippen molar-refractivity contribution in [2.75, 3.05) is 5.73 Å². The second kappa shape index (κ2) is 6.62. The average Bonchev–Trinajstić information content (AvgIpc) is 3.02. The van der Waals surface area contributed by atoms with Crippen LogP contribution in [0.25, 0.3) is 22.3 Å². The highest BCUT2D eigenvalue weighted by molar-refractivity contribution is 5.82. The lowest BCUT2D eigenvalue weighted by atomic mass is 9.75. The fourth-order valence-electron chi connectivity index (χ4n) is 4.23. The SMILES string of the molecule is Cn1cnc2cc(-c3cc(N)c(C4CCC(C)(N)CC4)c(CO)n3)ccc21. The van der Waals surface area contributed by atoms with Crippen molar-refractivity contribution < 1.29 is 5.11 Å². The lowest BCUT2D eigenvalue weighted by Gasteiger charge is -2.35. The summed E-state index contributed by atoms with van der Waals surface area (Å²) in [6.07, 6.45) is 5.67. The summed E-state index contributed by atoms with van der Waals surface area (Å²) in [6.45, 7) is 1.99. The van der Waals surface area contributed by atoms with Gasteiger partial charge in [-0.3, -0.25) is 0 Å². The zero-order chi connectivity index (χ0) is 19.2. The third-order valence-electron chi connectivity index (χ3n) is 5.88. The van der Waals surface area contributed by atoms with E-state index in [0.29, 0.717) is 17.3 Å². The molecular formula is C21H27N5O. The molecule has 2 aromatic heterocycles. The number of rotatable bonds is 3. The number of fused-ring (bicyclic) bond motifs is 1. The zero-order valence-electron chi connectivity index (χ0n) is 15.9. The number of nitrogens with two attached hydrogens (primary N) is 2. The van der Waals surface area contributed by atoms with Crippen LogP contribution in [0.1, 0.15) is 49.8 Å². The number of aromatic nitrogens is 3. The van der Waals surface area contributed by atoms with Gasteiger partial charge in [-0.1, -0.05) is 6.07 Å². The molecule has 0 aliphatic heterocycles. The van der Waals surface area contributed by atoms with E-state index in [0.717, 1.165) is 53.5 Å². The highest BCUT2D eigenvalue weighted by Gasteiger charge is 2.30. The summed E-state index contributed by atoms with van der Waals surface area (Å²) >= 11 is 0. The Morgan fingerprint density at radius 2 is 2.00 bits per heavy atom. The van der Waals surface area contributed by atoms with Crippen LogP contribution in [0, 0.1) is 0 Å². The number of imidazole rings is 1. The first-order valence-corrected chi connectivity index (χ1v) is 9.48. The number of nitrogen functional groups attached to an aromatic ring is 1. The van der Waals surface area contributed by atoms with E-state index in [9.17, 15) is 5.11 Å². The molecule has 1 aliphatic carbocycles. The minimum Gasteiger partial charge on any atom is -0.398 e. The number of aliphatic hydroxyl groups is 1. The molecule has 27 heavy (non-hydrogen) atoms. The van der Waals surface area contributed by atoms with Gasteiger partial charge in [0.2, 0.25) is 0 Å². The standard InChI is InChI=1S/C21H27N5O/c1-21(23)7-5-13(6-8-21)20-15(22)10-16(25-18(20)11-27)14-3-4-19-17(9-14)24-12-26(19)2/h3-4,9-10,12-13,27H,5-8,11,23H2,1-2H3,(H2,22,25). The molecule has 0 atom stereocenters. The van der Waals surface area contributed by atoms with Gasteiger partial charge in [0, 0.05) is 29.4 Å². The number of nitrogens with zero attached hydrogens (tertiary/aromatic N) is 3. The summed E-state index contributed by atoms with van der Waals surface area (Å²) in [4.78, 5) is 9.17. The van der Waals surface area contributed by atoms with Crippen LogP contribution in [0.3, 0.4) is 0 Å². The first-order valence-electron chi connectivity index (χ1n) is 9.48. The van der Waals surface area contributed by atoms with E-state index in [1.165, 1.54) is 0 Å². The van der Waals surface area contributed by atoms with Crippen LogP contribution in [-0.4, -0.2) is 25.2 Å². The maximum absolute atomic E-state index is 9.96. The van der Waals surface area contributed by atoms with Gasteiger partial charge in [-0.25, -0.2) is 9.97 Å². The maximum atomic E-state index is 9.96.